The number of rotatable bonds is 3. The Morgan fingerprint density at radius 3 is 2.83 bits per heavy atom. The van der Waals surface area contributed by atoms with Crippen molar-refractivity contribution in [3.8, 4) is 0 Å². The quantitative estimate of drug-likeness (QED) is 0.812. The molecular formula is C13H16N2O2S. The zero-order valence-corrected chi connectivity index (χ0v) is 11.1. The summed E-state index contributed by atoms with van der Waals surface area (Å²) < 4.78 is 0. The van der Waals surface area contributed by atoms with Gasteiger partial charge in [-0.3, -0.25) is 9.59 Å². The van der Waals surface area contributed by atoms with Crippen LogP contribution in [0, 0.1) is 0 Å². The fourth-order valence-electron chi connectivity index (χ4n) is 2.08. The number of para-hydroxylation sites is 1. The van der Waals surface area contributed by atoms with Crippen molar-refractivity contribution >= 4 is 30.1 Å². The van der Waals surface area contributed by atoms with Crippen LogP contribution in [0.1, 0.15) is 23.7 Å². The molecule has 2 rings (SSSR count). The number of carbonyl (C=O) groups is 2. The van der Waals surface area contributed by atoms with Crippen molar-refractivity contribution in [3.05, 3.63) is 29.8 Å². The van der Waals surface area contributed by atoms with Gasteiger partial charge in [0.15, 0.2) is 0 Å². The van der Waals surface area contributed by atoms with Crippen molar-refractivity contribution in [2.24, 2.45) is 0 Å². The molecule has 1 aliphatic heterocycles. The number of hydrogen-bond acceptors (Lipinski definition) is 3. The van der Waals surface area contributed by atoms with Crippen LogP contribution in [0.3, 0.4) is 0 Å². The summed E-state index contributed by atoms with van der Waals surface area (Å²) in [6.07, 6.45) is 0.423. The van der Waals surface area contributed by atoms with Crippen LogP contribution in [-0.2, 0) is 4.79 Å². The standard InChI is InChI=1S/C13H16N2O2S/c1-2-14-13(17)10-5-3-4-6-11(10)15-8-9(18)7-12(15)16/h3-6,9,18H,2,7-8H2,1H3,(H,14,17). The molecule has 1 aromatic rings. The smallest absolute Gasteiger partial charge is 0.253 e. The lowest BCUT2D eigenvalue weighted by atomic mass is 10.1. The molecule has 1 aromatic carbocycles. The molecule has 0 radical (unpaired) electrons. The third-order valence-corrected chi connectivity index (χ3v) is 3.23. The third kappa shape index (κ3) is 2.51. The predicted octanol–water partition coefficient (Wildman–Crippen LogP) is 1.47. The lowest BCUT2D eigenvalue weighted by Gasteiger charge is -2.19. The summed E-state index contributed by atoms with van der Waals surface area (Å²) in [6.45, 7) is 2.99. The Labute approximate surface area is 112 Å². The summed E-state index contributed by atoms with van der Waals surface area (Å²) in [4.78, 5) is 25.4. The van der Waals surface area contributed by atoms with Crippen LogP contribution in [0.5, 0.6) is 0 Å². The molecule has 1 saturated heterocycles. The molecule has 1 aliphatic rings. The molecule has 96 valence electrons. The first-order valence-corrected chi connectivity index (χ1v) is 6.50. The predicted molar refractivity (Wildman–Crippen MR) is 74.2 cm³/mol. The summed E-state index contributed by atoms with van der Waals surface area (Å²) in [6, 6.07) is 7.16. The van der Waals surface area contributed by atoms with Crippen LogP contribution < -0.4 is 10.2 Å². The van der Waals surface area contributed by atoms with Gasteiger partial charge in [-0.05, 0) is 19.1 Å². The minimum Gasteiger partial charge on any atom is -0.352 e. The van der Waals surface area contributed by atoms with E-state index in [1.165, 1.54) is 0 Å². The molecule has 0 spiro atoms. The Kier molecular flexibility index (Phi) is 3.91. The maximum absolute atomic E-state index is 11.9. The number of hydrogen-bond donors (Lipinski definition) is 2. The summed E-state index contributed by atoms with van der Waals surface area (Å²) >= 11 is 4.33. The van der Waals surface area contributed by atoms with Gasteiger partial charge in [-0.2, -0.15) is 12.6 Å². The van der Waals surface area contributed by atoms with Crippen molar-refractivity contribution in [1.82, 2.24) is 5.32 Å². The van der Waals surface area contributed by atoms with Crippen molar-refractivity contribution in [2.75, 3.05) is 18.0 Å². The first-order valence-electron chi connectivity index (χ1n) is 5.99. The second-order valence-corrected chi connectivity index (χ2v) is 4.97. The number of carbonyl (C=O) groups excluding carboxylic acids is 2. The topological polar surface area (TPSA) is 49.4 Å². The molecule has 1 heterocycles. The zero-order chi connectivity index (χ0) is 13.1. The lowest BCUT2D eigenvalue weighted by molar-refractivity contribution is -0.117. The average Bonchev–Trinajstić information content (AvgIpc) is 2.69. The first kappa shape index (κ1) is 13.0. The van der Waals surface area contributed by atoms with Crippen molar-refractivity contribution in [3.63, 3.8) is 0 Å². The summed E-state index contributed by atoms with van der Waals surface area (Å²) in [7, 11) is 0. The Morgan fingerprint density at radius 2 is 2.22 bits per heavy atom. The Bertz CT molecular complexity index is 476. The van der Waals surface area contributed by atoms with Gasteiger partial charge < -0.3 is 10.2 Å². The van der Waals surface area contributed by atoms with Gasteiger partial charge in [-0.1, -0.05) is 12.1 Å². The van der Waals surface area contributed by atoms with Crippen LogP contribution in [0.2, 0.25) is 0 Å². The van der Waals surface area contributed by atoms with E-state index in [-0.39, 0.29) is 17.1 Å². The summed E-state index contributed by atoms with van der Waals surface area (Å²) in [5.74, 6) is -0.129. The Morgan fingerprint density at radius 1 is 1.50 bits per heavy atom. The van der Waals surface area contributed by atoms with E-state index in [2.05, 4.69) is 17.9 Å². The highest BCUT2D eigenvalue weighted by Crippen LogP contribution is 2.27. The number of benzene rings is 1. The van der Waals surface area contributed by atoms with E-state index in [0.717, 1.165) is 0 Å². The van der Waals surface area contributed by atoms with Crippen molar-refractivity contribution < 1.29 is 9.59 Å². The van der Waals surface area contributed by atoms with Gasteiger partial charge in [0.2, 0.25) is 5.91 Å². The van der Waals surface area contributed by atoms with E-state index < -0.39 is 0 Å². The molecule has 1 fully saturated rings. The second kappa shape index (κ2) is 5.44. The minimum atomic E-state index is -0.150. The molecule has 0 saturated carbocycles. The fourth-order valence-corrected chi connectivity index (χ4v) is 2.40. The monoisotopic (exact) mass is 264 g/mol. The Balaban J connectivity index is 2.33. The molecular weight excluding hydrogens is 248 g/mol. The van der Waals surface area contributed by atoms with Crippen LogP contribution in [0.4, 0.5) is 5.69 Å². The maximum atomic E-state index is 11.9. The molecule has 2 amide bonds. The van der Waals surface area contributed by atoms with Gasteiger partial charge in [0, 0.05) is 24.8 Å². The number of nitrogens with zero attached hydrogens (tertiary/aromatic N) is 1. The fraction of sp³-hybridized carbons (Fsp3) is 0.385. The minimum absolute atomic E-state index is 0.0201. The van der Waals surface area contributed by atoms with Crippen LogP contribution in [-0.4, -0.2) is 30.2 Å². The summed E-state index contributed by atoms with van der Waals surface area (Å²) in [5, 5.41) is 2.80. The first-order chi connectivity index (χ1) is 8.63. The normalized spacial score (nSPS) is 19.1. The molecule has 0 aliphatic carbocycles. The van der Waals surface area contributed by atoms with Gasteiger partial charge in [0.1, 0.15) is 0 Å². The van der Waals surface area contributed by atoms with Gasteiger partial charge in [0.25, 0.3) is 5.91 Å². The lowest BCUT2D eigenvalue weighted by Crippen LogP contribution is -2.30. The Hall–Kier alpha value is -1.49. The van der Waals surface area contributed by atoms with E-state index >= 15 is 0 Å². The number of amides is 2. The number of anilines is 1. The molecule has 1 unspecified atom stereocenters. The van der Waals surface area contributed by atoms with Crippen molar-refractivity contribution in [1.29, 1.82) is 0 Å². The average molecular weight is 264 g/mol. The highest BCUT2D eigenvalue weighted by molar-refractivity contribution is 7.81. The van der Waals surface area contributed by atoms with Crippen LogP contribution in [0.15, 0.2) is 24.3 Å². The molecule has 1 atom stereocenters. The van der Waals surface area contributed by atoms with E-state index in [9.17, 15) is 9.59 Å². The van der Waals surface area contributed by atoms with Gasteiger partial charge in [0.05, 0.1) is 11.3 Å². The molecule has 18 heavy (non-hydrogen) atoms. The molecule has 0 bridgehead atoms. The van der Waals surface area contributed by atoms with Gasteiger partial charge >= 0.3 is 0 Å². The van der Waals surface area contributed by atoms with Gasteiger partial charge in [-0.25, -0.2) is 0 Å². The number of nitrogens with one attached hydrogen (secondary N) is 1. The third-order valence-electron chi connectivity index (χ3n) is 2.88. The van der Waals surface area contributed by atoms with Crippen LogP contribution >= 0.6 is 12.6 Å². The largest absolute Gasteiger partial charge is 0.352 e. The second-order valence-electron chi connectivity index (χ2n) is 4.24. The zero-order valence-electron chi connectivity index (χ0n) is 10.2. The highest BCUT2D eigenvalue weighted by atomic mass is 32.1. The molecule has 5 heteroatoms. The van der Waals surface area contributed by atoms with E-state index in [0.29, 0.717) is 30.8 Å². The number of thiol groups is 1. The summed E-state index contributed by atoms with van der Waals surface area (Å²) in [5.41, 5.74) is 1.21. The highest BCUT2D eigenvalue weighted by Gasteiger charge is 2.30. The molecule has 1 N–H and O–H groups in total. The van der Waals surface area contributed by atoms with Crippen molar-refractivity contribution in [2.45, 2.75) is 18.6 Å². The van der Waals surface area contributed by atoms with E-state index in [1.54, 1.807) is 23.1 Å². The molecule has 4 nitrogen and oxygen atoms in total. The maximum Gasteiger partial charge on any atom is 0.253 e. The van der Waals surface area contributed by atoms with E-state index in [1.807, 2.05) is 13.0 Å². The molecule has 0 aromatic heterocycles. The van der Waals surface area contributed by atoms with Crippen LogP contribution in [0.25, 0.3) is 0 Å². The SMILES string of the molecule is CCNC(=O)c1ccccc1N1CC(S)CC1=O. The van der Waals surface area contributed by atoms with Gasteiger partial charge in [-0.15, -0.1) is 0 Å². The van der Waals surface area contributed by atoms with E-state index in [4.69, 9.17) is 0 Å².